The smallest absolute Gasteiger partial charge is 0.230 e. The predicted octanol–water partition coefficient (Wildman–Crippen LogP) is 4.58. The van der Waals surface area contributed by atoms with Crippen LogP contribution in [0.25, 0.3) is 10.6 Å². The molecule has 1 aromatic heterocycles. The van der Waals surface area contributed by atoms with Crippen molar-refractivity contribution in [3.8, 4) is 10.6 Å². The number of aryl methyl sites for hydroxylation is 1. The van der Waals surface area contributed by atoms with E-state index in [0.717, 1.165) is 28.3 Å². The van der Waals surface area contributed by atoms with Crippen LogP contribution in [0.3, 0.4) is 0 Å². The Balaban J connectivity index is 1.70. The Morgan fingerprint density at radius 3 is 2.46 bits per heavy atom. The first-order chi connectivity index (χ1) is 11.5. The number of nitrogens with zero attached hydrogens (tertiary/aromatic N) is 1. The molecule has 0 spiro atoms. The van der Waals surface area contributed by atoms with E-state index in [-0.39, 0.29) is 6.42 Å². The molecular weight excluding hydrogens is 330 g/mol. The molecule has 1 amide bonds. The number of carbonyl (C=O) groups is 1. The lowest BCUT2D eigenvalue weighted by Crippen LogP contribution is -2.16. The van der Waals surface area contributed by atoms with Gasteiger partial charge in [0.25, 0.3) is 0 Å². The van der Waals surface area contributed by atoms with Gasteiger partial charge in [-0.15, -0.1) is 11.3 Å². The largest absolute Gasteiger partial charge is 0.321 e. The van der Waals surface area contributed by atoms with Gasteiger partial charge >= 0.3 is 0 Å². The normalized spacial score (nSPS) is 10.6. The molecule has 3 rings (SSSR count). The summed E-state index contributed by atoms with van der Waals surface area (Å²) in [6.45, 7) is 2.00. The number of rotatable bonds is 4. The number of carbonyl (C=O) groups excluding carboxylic acids is 1. The van der Waals surface area contributed by atoms with Crippen LogP contribution < -0.4 is 5.32 Å². The predicted molar refractivity (Wildman–Crippen MR) is 91.0 cm³/mol. The Labute approximate surface area is 142 Å². The summed E-state index contributed by atoms with van der Waals surface area (Å²) in [5.74, 6) is -2.12. The highest BCUT2D eigenvalue weighted by atomic mass is 32.1. The lowest BCUT2D eigenvalue weighted by atomic mass is 10.2. The van der Waals surface area contributed by atoms with Gasteiger partial charge in [0, 0.05) is 10.9 Å². The Hall–Kier alpha value is -2.60. The number of halogens is 2. The second-order valence-corrected chi connectivity index (χ2v) is 6.19. The topological polar surface area (TPSA) is 42.0 Å². The summed E-state index contributed by atoms with van der Waals surface area (Å²) in [5.41, 5.74) is 2.25. The number of anilines is 1. The molecule has 0 fully saturated rings. The van der Waals surface area contributed by atoms with E-state index in [0.29, 0.717) is 5.69 Å². The van der Waals surface area contributed by atoms with Crippen LogP contribution in [0.15, 0.2) is 47.8 Å². The van der Waals surface area contributed by atoms with Gasteiger partial charge < -0.3 is 5.32 Å². The number of aromatic nitrogens is 1. The third-order valence-corrected chi connectivity index (χ3v) is 4.36. The Kier molecular flexibility index (Phi) is 4.66. The number of para-hydroxylation sites is 1. The van der Waals surface area contributed by atoms with Crippen molar-refractivity contribution in [2.75, 3.05) is 5.32 Å². The second-order valence-electron chi connectivity index (χ2n) is 5.33. The number of benzene rings is 2. The van der Waals surface area contributed by atoms with Crippen molar-refractivity contribution in [1.29, 1.82) is 0 Å². The van der Waals surface area contributed by atoms with E-state index in [1.165, 1.54) is 17.4 Å². The van der Waals surface area contributed by atoms with E-state index in [1.807, 2.05) is 31.2 Å². The average Bonchev–Trinajstić information content (AvgIpc) is 3.00. The van der Waals surface area contributed by atoms with E-state index in [1.54, 1.807) is 5.38 Å². The summed E-state index contributed by atoms with van der Waals surface area (Å²) < 4.78 is 27.1. The average molecular weight is 344 g/mol. The van der Waals surface area contributed by atoms with E-state index in [9.17, 15) is 13.6 Å². The zero-order chi connectivity index (χ0) is 17.1. The van der Waals surface area contributed by atoms with Gasteiger partial charge in [-0.1, -0.05) is 35.9 Å². The minimum absolute atomic E-state index is 0.0455. The van der Waals surface area contributed by atoms with Crippen LogP contribution in [0.1, 0.15) is 11.3 Å². The standard InChI is InChI=1S/C18H14F2N2OS/c1-11-5-7-12(8-6-11)18-21-13(10-24-18)9-16(23)22-17-14(19)3-2-4-15(17)20/h2-8,10H,9H2,1H3,(H,22,23). The van der Waals surface area contributed by atoms with Gasteiger partial charge in [0.15, 0.2) is 0 Å². The molecule has 1 N–H and O–H groups in total. The summed E-state index contributed by atoms with van der Waals surface area (Å²) >= 11 is 1.42. The van der Waals surface area contributed by atoms with Gasteiger partial charge in [-0.3, -0.25) is 4.79 Å². The SMILES string of the molecule is Cc1ccc(-c2nc(CC(=O)Nc3c(F)cccc3F)cs2)cc1. The molecule has 3 aromatic rings. The molecule has 0 bridgehead atoms. The molecule has 0 saturated heterocycles. The zero-order valence-corrected chi connectivity index (χ0v) is 13.7. The summed E-state index contributed by atoms with van der Waals surface area (Å²) in [7, 11) is 0. The molecular formula is C18H14F2N2OS. The minimum atomic E-state index is -0.804. The van der Waals surface area contributed by atoms with Crippen molar-refractivity contribution in [2.24, 2.45) is 0 Å². The van der Waals surface area contributed by atoms with Gasteiger partial charge in [-0.25, -0.2) is 13.8 Å². The Morgan fingerprint density at radius 2 is 1.79 bits per heavy atom. The van der Waals surface area contributed by atoms with Gasteiger partial charge in [0.2, 0.25) is 5.91 Å². The maximum atomic E-state index is 13.5. The number of amides is 1. The first-order valence-electron chi connectivity index (χ1n) is 7.28. The van der Waals surface area contributed by atoms with Crippen LogP contribution in [-0.2, 0) is 11.2 Å². The fraction of sp³-hybridized carbons (Fsp3) is 0.111. The fourth-order valence-corrected chi connectivity index (χ4v) is 3.01. The monoisotopic (exact) mass is 344 g/mol. The lowest BCUT2D eigenvalue weighted by molar-refractivity contribution is -0.115. The number of hydrogen-bond acceptors (Lipinski definition) is 3. The van der Waals surface area contributed by atoms with Crippen molar-refractivity contribution in [3.63, 3.8) is 0 Å². The van der Waals surface area contributed by atoms with Crippen LogP contribution in [-0.4, -0.2) is 10.9 Å². The fourth-order valence-electron chi connectivity index (χ4n) is 2.18. The molecule has 0 aliphatic carbocycles. The first-order valence-corrected chi connectivity index (χ1v) is 8.16. The molecule has 122 valence electrons. The van der Waals surface area contributed by atoms with Crippen LogP contribution in [0, 0.1) is 18.6 Å². The number of nitrogens with one attached hydrogen (secondary N) is 1. The van der Waals surface area contributed by atoms with Crippen LogP contribution in [0.2, 0.25) is 0 Å². The number of hydrogen-bond donors (Lipinski definition) is 1. The maximum Gasteiger partial charge on any atom is 0.230 e. The third kappa shape index (κ3) is 3.65. The Morgan fingerprint density at radius 1 is 1.12 bits per heavy atom. The van der Waals surface area contributed by atoms with E-state index in [4.69, 9.17) is 0 Å². The highest BCUT2D eigenvalue weighted by Gasteiger charge is 2.14. The van der Waals surface area contributed by atoms with Crippen molar-refractivity contribution >= 4 is 22.9 Å². The second kappa shape index (κ2) is 6.88. The van der Waals surface area contributed by atoms with Crippen molar-refractivity contribution in [1.82, 2.24) is 4.98 Å². The van der Waals surface area contributed by atoms with Gasteiger partial charge in [-0.05, 0) is 19.1 Å². The van der Waals surface area contributed by atoms with Crippen molar-refractivity contribution in [2.45, 2.75) is 13.3 Å². The summed E-state index contributed by atoms with van der Waals surface area (Å²) in [6, 6.07) is 11.3. The van der Waals surface area contributed by atoms with E-state index in [2.05, 4.69) is 10.3 Å². The molecule has 0 radical (unpaired) electrons. The molecule has 0 unspecified atom stereocenters. The molecule has 0 aliphatic heterocycles. The molecule has 2 aromatic carbocycles. The lowest BCUT2D eigenvalue weighted by Gasteiger charge is -2.06. The van der Waals surface area contributed by atoms with Crippen LogP contribution >= 0.6 is 11.3 Å². The highest BCUT2D eigenvalue weighted by molar-refractivity contribution is 7.13. The Bertz CT molecular complexity index is 855. The maximum absolute atomic E-state index is 13.5. The molecule has 24 heavy (non-hydrogen) atoms. The quantitative estimate of drug-likeness (QED) is 0.753. The van der Waals surface area contributed by atoms with E-state index < -0.39 is 23.2 Å². The zero-order valence-electron chi connectivity index (χ0n) is 12.8. The van der Waals surface area contributed by atoms with E-state index >= 15 is 0 Å². The third-order valence-electron chi connectivity index (χ3n) is 3.42. The summed E-state index contributed by atoms with van der Waals surface area (Å²) in [4.78, 5) is 16.4. The van der Waals surface area contributed by atoms with Gasteiger partial charge in [-0.2, -0.15) is 0 Å². The molecule has 0 atom stereocenters. The molecule has 0 aliphatic rings. The molecule has 3 nitrogen and oxygen atoms in total. The molecule has 0 saturated carbocycles. The summed E-state index contributed by atoms with van der Waals surface area (Å²) in [5, 5.41) is 4.83. The molecule has 6 heteroatoms. The first kappa shape index (κ1) is 16.3. The van der Waals surface area contributed by atoms with Crippen molar-refractivity contribution in [3.05, 3.63) is 70.7 Å². The minimum Gasteiger partial charge on any atom is -0.321 e. The van der Waals surface area contributed by atoms with Crippen LogP contribution in [0.4, 0.5) is 14.5 Å². The van der Waals surface area contributed by atoms with Crippen molar-refractivity contribution < 1.29 is 13.6 Å². The number of thiazole rings is 1. The van der Waals surface area contributed by atoms with Gasteiger partial charge in [0.05, 0.1) is 12.1 Å². The highest BCUT2D eigenvalue weighted by Crippen LogP contribution is 2.24. The van der Waals surface area contributed by atoms with Gasteiger partial charge in [0.1, 0.15) is 22.3 Å². The van der Waals surface area contributed by atoms with Crippen LogP contribution in [0.5, 0.6) is 0 Å². The summed E-state index contributed by atoms with van der Waals surface area (Å²) in [6.07, 6.45) is -0.0455. The molecule has 1 heterocycles.